The number of ether oxygens (including phenoxy) is 1. The van der Waals surface area contributed by atoms with Gasteiger partial charge in [-0.1, -0.05) is 11.6 Å². The van der Waals surface area contributed by atoms with Crippen molar-refractivity contribution in [3.05, 3.63) is 63.3 Å². The number of ketones is 1. The molecule has 0 bridgehead atoms. The van der Waals surface area contributed by atoms with E-state index in [2.05, 4.69) is 15.9 Å². The van der Waals surface area contributed by atoms with Crippen molar-refractivity contribution in [2.75, 3.05) is 0 Å². The Bertz CT molecular complexity index is 628. The third kappa shape index (κ3) is 3.58. The lowest BCUT2D eigenvalue weighted by Gasteiger charge is -2.14. The van der Waals surface area contributed by atoms with Crippen molar-refractivity contribution in [1.82, 2.24) is 0 Å². The summed E-state index contributed by atoms with van der Waals surface area (Å²) in [4.78, 5) is 12.2. The van der Waals surface area contributed by atoms with Crippen LogP contribution in [0.4, 0.5) is 4.39 Å². The van der Waals surface area contributed by atoms with Crippen LogP contribution in [0, 0.1) is 5.82 Å². The molecule has 0 saturated carbocycles. The second-order valence-electron chi connectivity index (χ2n) is 4.21. The molecule has 2 rings (SSSR count). The van der Waals surface area contributed by atoms with Gasteiger partial charge < -0.3 is 4.74 Å². The SMILES string of the molecule is CC(Oc1ccc(F)c(Br)c1)C(=O)c1ccc(Cl)cc1. The van der Waals surface area contributed by atoms with Crippen LogP contribution in [0.3, 0.4) is 0 Å². The van der Waals surface area contributed by atoms with Crippen LogP contribution in [0.25, 0.3) is 0 Å². The van der Waals surface area contributed by atoms with Gasteiger partial charge in [-0.05, 0) is 65.3 Å². The maximum absolute atomic E-state index is 13.1. The predicted octanol–water partition coefficient (Wildman–Crippen LogP) is 4.89. The van der Waals surface area contributed by atoms with Crippen molar-refractivity contribution in [3.63, 3.8) is 0 Å². The Morgan fingerprint density at radius 2 is 1.90 bits per heavy atom. The van der Waals surface area contributed by atoms with E-state index < -0.39 is 6.10 Å². The summed E-state index contributed by atoms with van der Waals surface area (Å²) in [5, 5.41) is 0.567. The quantitative estimate of drug-likeness (QED) is 0.728. The molecule has 0 N–H and O–H groups in total. The number of halogens is 3. The summed E-state index contributed by atoms with van der Waals surface area (Å²) < 4.78 is 18.9. The van der Waals surface area contributed by atoms with Crippen molar-refractivity contribution in [1.29, 1.82) is 0 Å². The Labute approximate surface area is 129 Å². The molecule has 0 spiro atoms. The zero-order valence-electron chi connectivity index (χ0n) is 10.6. The molecule has 0 fully saturated rings. The van der Waals surface area contributed by atoms with Gasteiger partial charge in [0.25, 0.3) is 0 Å². The number of Topliss-reactive ketones (excluding diaryl/α,β-unsaturated/α-hetero) is 1. The molecular formula is C15H11BrClFO2. The molecule has 1 atom stereocenters. The smallest absolute Gasteiger partial charge is 0.202 e. The standard InChI is InChI=1S/C15H11BrClFO2/c1-9(15(19)10-2-4-11(17)5-3-10)20-12-6-7-14(18)13(16)8-12/h2-9H,1H3. The molecule has 0 amide bonds. The highest BCUT2D eigenvalue weighted by Crippen LogP contribution is 2.23. The molecule has 2 nitrogen and oxygen atoms in total. The lowest BCUT2D eigenvalue weighted by Crippen LogP contribution is -2.23. The van der Waals surface area contributed by atoms with E-state index >= 15 is 0 Å². The third-order valence-electron chi connectivity index (χ3n) is 2.70. The lowest BCUT2D eigenvalue weighted by atomic mass is 10.1. The van der Waals surface area contributed by atoms with Gasteiger partial charge in [0, 0.05) is 10.6 Å². The van der Waals surface area contributed by atoms with Crippen molar-refractivity contribution in [3.8, 4) is 5.75 Å². The Morgan fingerprint density at radius 3 is 2.50 bits per heavy atom. The molecule has 0 aliphatic carbocycles. The molecule has 2 aromatic carbocycles. The van der Waals surface area contributed by atoms with Crippen LogP contribution in [-0.4, -0.2) is 11.9 Å². The van der Waals surface area contributed by atoms with Gasteiger partial charge >= 0.3 is 0 Å². The highest BCUT2D eigenvalue weighted by molar-refractivity contribution is 9.10. The van der Waals surface area contributed by atoms with Gasteiger partial charge in [0.1, 0.15) is 11.6 Å². The monoisotopic (exact) mass is 356 g/mol. The van der Waals surface area contributed by atoms with Gasteiger partial charge in [0.05, 0.1) is 4.47 Å². The maximum Gasteiger partial charge on any atom is 0.202 e. The Kier molecular flexibility index (Phi) is 4.78. The number of hydrogen-bond donors (Lipinski definition) is 0. The van der Waals surface area contributed by atoms with E-state index in [1.54, 1.807) is 31.2 Å². The Hall–Kier alpha value is -1.39. The maximum atomic E-state index is 13.1. The minimum atomic E-state index is -0.673. The molecule has 0 radical (unpaired) electrons. The summed E-state index contributed by atoms with van der Waals surface area (Å²) in [6, 6.07) is 10.8. The van der Waals surface area contributed by atoms with Crippen LogP contribution >= 0.6 is 27.5 Å². The predicted molar refractivity (Wildman–Crippen MR) is 80.0 cm³/mol. The molecule has 0 heterocycles. The van der Waals surface area contributed by atoms with Crippen molar-refractivity contribution in [2.24, 2.45) is 0 Å². The van der Waals surface area contributed by atoms with Crippen molar-refractivity contribution < 1.29 is 13.9 Å². The Morgan fingerprint density at radius 1 is 1.25 bits per heavy atom. The second-order valence-corrected chi connectivity index (χ2v) is 5.50. The highest BCUT2D eigenvalue weighted by atomic mass is 79.9. The third-order valence-corrected chi connectivity index (χ3v) is 3.56. The molecular weight excluding hydrogens is 347 g/mol. The molecule has 20 heavy (non-hydrogen) atoms. The second kappa shape index (κ2) is 6.37. The molecule has 0 aromatic heterocycles. The van der Waals surface area contributed by atoms with Gasteiger partial charge in [0.15, 0.2) is 6.10 Å². The number of benzene rings is 2. The fourth-order valence-electron chi connectivity index (χ4n) is 1.66. The van der Waals surface area contributed by atoms with Crippen molar-refractivity contribution >= 4 is 33.3 Å². The number of rotatable bonds is 4. The summed E-state index contributed by atoms with van der Waals surface area (Å²) in [7, 11) is 0. The zero-order valence-corrected chi connectivity index (χ0v) is 12.9. The van der Waals surface area contributed by atoms with Gasteiger partial charge in [-0.2, -0.15) is 0 Å². The minimum absolute atomic E-state index is 0.165. The average Bonchev–Trinajstić information content (AvgIpc) is 2.43. The fraction of sp³-hybridized carbons (Fsp3) is 0.133. The summed E-state index contributed by atoms with van der Waals surface area (Å²) in [6.07, 6.45) is -0.673. The van der Waals surface area contributed by atoms with Crippen LogP contribution < -0.4 is 4.74 Å². The van der Waals surface area contributed by atoms with Crippen LogP contribution in [0.5, 0.6) is 5.75 Å². The topological polar surface area (TPSA) is 26.3 Å². The molecule has 1 unspecified atom stereocenters. The van der Waals surface area contributed by atoms with Gasteiger partial charge in [-0.3, -0.25) is 4.79 Å². The average molecular weight is 358 g/mol. The molecule has 5 heteroatoms. The highest BCUT2D eigenvalue weighted by Gasteiger charge is 2.17. The molecule has 0 saturated heterocycles. The largest absolute Gasteiger partial charge is 0.483 e. The van der Waals surface area contributed by atoms with E-state index in [9.17, 15) is 9.18 Å². The van der Waals surface area contributed by atoms with Gasteiger partial charge in [-0.25, -0.2) is 4.39 Å². The van der Waals surface area contributed by atoms with Crippen LogP contribution in [-0.2, 0) is 0 Å². The van der Waals surface area contributed by atoms with E-state index in [-0.39, 0.29) is 11.6 Å². The molecule has 2 aromatic rings. The zero-order chi connectivity index (χ0) is 14.7. The number of carbonyl (C=O) groups excluding carboxylic acids is 1. The summed E-state index contributed by atoms with van der Waals surface area (Å²) in [5.74, 6) is -0.121. The summed E-state index contributed by atoms with van der Waals surface area (Å²) >= 11 is 8.85. The Balaban J connectivity index is 2.11. The van der Waals surface area contributed by atoms with Crippen molar-refractivity contribution in [2.45, 2.75) is 13.0 Å². The van der Waals surface area contributed by atoms with Crippen LogP contribution in [0.15, 0.2) is 46.9 Å². The summed E-state index contributed by atoms with van der Waals surface area (Å²) in [6.45, 7) is 1.65. The number of hydrogen-bond acceptors (Lipinski definition) is 2. The molecule has 104 valence electrons. The normalized spacial score (nSPS) is 12.0. The first-order valence-electron chi connectivity index (χ1n) is 5.89. The first kappa shape index (κ1) is 15.0. The fourth-order valence-corrected chi connectivity index (χ4v) is 2.14. The molecule has 0 aliphatic heterocycles. The minimum Gasteiger partial charge on any atom is -0.483 e. The van der Waals surface area contributed by atoms with Crippen LogP contribution in [0.2, 0.25) is 5.02 Å². The lowest BCUT2D eigenvalue weighted by molar-refractivity contribution is 0.0818. The first-order valence-corrected chi connectivity index (χ1v) is 7.06. The first-order chi connectivity index (χ1) is 9.47. The summed E-state index contributed by atoms with van der Waals surface area (Å²) in [5.41, 5.74) is 0.517. The molecule has 0 aliphatic rings. The van der Waals surface area contributed by atoms with Gasteiger partial charge in [-0.15, -0.1) is 0 Å². The van der Waals surface area contributed by atoms with E-state index in [0.717, 1.165) is 0 Å². The van der Waals surface area contributed by atoms with E-state index in [0.29, 0.717) is 20.8 Å². The van der Waals surface area contributed by atoms with E-state index in [1.807, 2.05) is 0 Å². The number of carbonyl (C=O) groups is 1. The van der Waals surface area contributed by atoms with Crippen LogP contribution in [0.1, 0.15) is 17.3 Å². The van der Waals surface area contributed by atoms with Gasteiger partial charge in [0.2, 0.25) is 5.78 Å². The van der Waals surface area contributed by atoms with E-state index in [1.165, 1.54) is 18.2 Å². The van der Waals surface area contributed by atoms with E-state index in [4.69, 9.17) is 16.3 Å².